The molecule has 1 aliphatic carbocycles. The highest BCUT2D eigenvalue weighted by atomic mass is 19.4. The van der Waals surface area contributed by atoms with E-state index in [-0.39, 0.29) is 18.4 Å². The standard InChI is InChI=1S/C38H42F5N3/c1-8-25(5)28-14-16-30(17-15-28)36(32-12-10-11-13-33(32)44-9-2)26(6)34-22-35(29-18-20-31(21-19-29)38(41,42)43)46(45-34)27(7)37(39,40)23-24(3)4/h9-20,25,31,35,44H,2-3,7-8,21-23H2,1,4-6H3/b36-26+. The Labute approximate surface area is 269 Å². The number of hydrogen-bond donors (Lipinski definition) is 1. The van der Waals surface area contributed by atoms with Gasteiger partial charge in [-0.25, -0.2) is 0 Å². The summed E-state index contributed by atoms with van der Waals surface area (Å²) < 4.78 is 71.3. The number of nitrogens with zero attached hydrogens (tertiary/aromatic N) is 2. The minimum atomic E-state index is -4.39. The van der Waals surface area contributed by atoms with E-state index in [4.69, 9.17) is 5.10 Å². The largest absolute Gasteiger partial charge is 0.395 e. The predicted octanol–water partition coefficient (Wildman–Crippen LogP) is 11.2. The van der Waals surface area contributed by atoms with Crippen LogP contribution < -0.4 is 5.32 Å². The number of nitrogens with one attached hydrogen (secondary N) is 1. The molecule has 3 atom stereocenters. The number of allylic oxidation sites excluding steroid dienone is 5. The molecule has 0 saturated heterocycles. The zero-order chi connectivity index (χ0) is 33.8. The van der Waals surface area contributed by atoms with Gasteiger partial charge in [0.1, 0.15) is 0 Å². The van der Waals surface area contributed by atoms with Crippen molar-refractivity contribution in [1.29, 1.82) is 0 Å². The number of rotatable bonds is 12. The lowest BCUT2D eigenvalue weighted by Gasteiger charge is -2.32. The fourth-order valence-corrected chi connectivity index (χ4v) is 5.89. The third kappa shape index (κ3) is 7.60. The monoisotopic (exact) mass is 635 g/mol. The van der Waals surface area contributed by atoms with Crippen molar-refractivity contribution < 1.29 is 22.0 Å². The van der Waals surface area contributed by atoms with Gasteiger partial charge in [0.2, 0.25) is 0 Å². The number of para-hydroxylation sites is 1. The zero-order valence-electron chi connectivity index (χ0n) is 26.9. The molecule has 0 spiro atoms. The van der Waals surface area contributed by atoms with Gasteiger partial charge >= 0.3 is 6.18 Å². The Morgan fingerprint density at radius 2 is 1.74 bits per heavy atom. The maximum absolute atomic E-state index is 15.5. The fraction of sp³-hybridized carbons (Fsp3) is 0.342. The van der Waals surface area contributed by atoms with Crippen LogP contribution in [0.5, 0.6) is 0 Å². The average Bonchev–Trinajstić information content (AvgIpc) is 3.46. The van der Waals surface area contributed by atoms with Gasteiger partial charge in [-0.05, 0) is 72.7 Å². The van der Waals surface area contributed by atoms with E-state index in [0.29, 0.717) is 17.2 Å². The van der Waals surface area contributed by atoms with Crippen molar-refractivity contribution in [3.8, 4) is 0 Å². The molecule has 1 N–H and O–H groups in total. The van der Waals surface area contributed by atoms with Gasteiger partial charge in [-0.3, -0.25) is 5.01 Å². The summed E-state index contributed by atoms with van der Waals surface area (Å²) in [6, 6.07) is 15.3. The first-order chi connectivity index (χ1) is 21.7. The Morgan fingerprint density at radius 1 is 1.07 bits per heavy atom. The van der Waals surface area contributed by atoms with E-state index in [1.807, 2.05) is 31.2 Å². The lowest BCUT2D eigenvalue weighted by Crippen LogP contribution is -2.36. The van der Waals surface area contributed by atoms with E-state index >= 15 is 8.78 Å². The zero-order valence-corrected chi connectivity index (χ0v) is 26.9. The van der Waals surface area contributed by atoms with Crippen LogP contribution in [0.4, 0.5) is 27.6 Å². The minimum absolute atomic E-state index is 0.201. The smallest absolute Gasteiger partial charge is 0.362 e. The Kier molecular flexibility index (Phi) is 10.6. The van der Waals surface area contributed by atoms with Crippen molar-refractivity contribution in [1.82, 2.24) is 5.01 Å². The van der Waals surface area contributed by atoms with Gasteiger partial charge in [0.15, 0.2) is 0 Å². The molecule has 4 rings (SSSR count). The summed E-state index contributed by atoms with van der Waals surface area (Å²) in [7, 11) is 0. The van der Waals surface area contributed by atoms with E-state index in [1.165, 1.54) is 29.6 Å². The number of benzene rings is 2. The van der Waals surface area contributed by atoms with Crippen molar-refractivity contribution in [3.63, 3.8) is 0 Å². The van der Waals surface area contributed by atoms with Gasteiger partial charge in [-0.1, -0.05) is 99.9 Å². The first kappa shape index (κ1) is 34.7. The van der Waals surface area contributed by atoms with Gasteiger partial charge < -0.3 is 5.32 Å². The molecule has 3 unspecified atom stereocenters. The molecular weight excluding hydrogens is 593 g/mol. The van der Waals surface area contributed by atoms with E-state index < -0.39 is 36.2 Å². The van der Waals surface area contributed by atoms with Crippen LogP contribution in [0.25, 0.3) is 5.57 Å². The molecule has 1 aliphatic heterocycles. The Hall–Kier alpha value is -4.20. The van der Waals surface area contributed by atoms with Crippen LogP contribution in [-0.2, 0) is 0 Å². The first-order valence-electron chi connectivity index (χ1n) is 15.5. The second kappa shape index (κ2) is 14.1. The fourth-order valence-electron chi connectivity index (χ4n) is 5.89. The summed E-state index contributed by atoms with van der Waals surface area (Å²) in [6.07, 6.45) is 1.48. The quantitative estimate of drug-likeness (QED) is 0.186. The van der Waals surface area contributed by atoms with E-state index in [9.17, 15) is 13.2 Å². The maximum atomic E-state index is 15.5. The first-order valence-corrected chi connectivity index (χ1v) is 15.5. The summed E-state index contributed by atoms with van der Waals surface area (Å²) in [4.78, 5) is 0. The van der Waals surface area contributed by atoms with Crippen LogP contribution in [0.1, 0.15) is 76.0 Å². The third-order valence-electron chi connectivity index (χ3n) is 8.71. The van der Waals surface area contributed by atoms with Crippen molar-refractivity contribution >= 4 is 17.0 Å². The summed E-state index contributed by atoms with van der Waals surface area (Å²) >= 11 is 0. The van der Waals surface area contributed by atoms with Crippen LogP contribution in [0.3, 0.4) is 0 Å². The van der Waals surface area contributed by atoms with E-state index in [0.717, 1.165) is 40.5 Å². The molecule has 0 radical (unpaired) electrons. The summed E-state index contributed by atoms with van der Waals surface area (Å²) in [5.74, 6) is -4.60. The number of hydrazone groups is 1. The second-order valence-electron chi connectivity index (χ2n) is 12.2. The van der Waals surface area contributed by atoms with Gasteiger partial charge in [0, 0.05) is 24.1 Å². The number of hydrogen-bond acceptors (Lipinski definition) is 3. The van der Waals surface area contributed by atoms with Crippen LogP contribution in [0, 0.1) is 5.92 Å². The summed E-state index contributed by atoms with van der Waals surface area (Å²) in [6.45, 7) is 18.9. The maximum Gasteiger partial charge on any atom is 0.395 e. The molecule has 3 nitrogen and oxygen atoms in total. The van der Waals surface area contributed by atoms with Crippen LogP contribution in [0.15, 0.2) is 120 Å². The lowest BCUT2D eigenvalue weighted by atomic mass is 9.86. The predicted molar refractivity (Wildman–Crippen MR) is 180 cm³/mol. The highest BCUT2D eigenvalue weighted by Crippen LogP contribution is 2.42. The molecule has 8 heteroatoms. The molecule has 244 valence electrons. The molecule has 1 heterocycles. The molecule has 2 aliphatic rings. The minimum Gasteiger partial charge on any atom is -0.362 e. The number of anilines is 1. The van der Waals surface area contributed by atoms with E-state index in [2.05, 4.69) is 63.2 Å². The van der Waals surface area contributed by atoms with Crippen LogP contribution in [0.2, 0.25) is 0 Å². The molecule has 0 aromatic heterocycles. The molecule has 2 aromatic carbocycles. The van der Waals surface area contributed by atoms with Gasteiger partial charge in [0.05, 0.1) is 23.4 Å². The van der Waals surface area contributed by atoms with Crippen molar-refractivity contribution in [3.05, 3.63) is 132 Å². The Bertz CT molecular complexity index is 1590. The topological polar surface area (TPSA) is 27.6 Å². The number of alkyl halides is 5. The highest BCUT2D eigenvalue weighted by Gasteiger charge is 2.44. The van der Waals surface area contributed by atoms with Crippen LogP contribution in [-0.4, -0.2) is 28.9 Å². The normalized spacial score (nSPS) is 19.6. The molecule has 0 amide bonds. The molecular formula is C38H42F5N3. The lowest BCUT2D eigenvalue weighted by molar-refractivity contribution is -0.160. The average molecular weight is 636 g/mol. The molecule has 0 fully saturated rings. The van der Waals surface area contributed by atoms with Gasteiger partial charge in [-0.2, -0.15) is 27.1 Å². The SMILES string of the molecule is C=CNc1ccccc1/C(=C(\C)C1=NN(C(=C)C(F)(F)CC(=C)C)C(C2=CCC(C(F)(F)F)C=C2)C1)c1ccc(C(C)CC)cc1. The Morgan fingerprint density at radius 3 is 2.30 bits per heavy atom. The second-order valence-corrected chi connectivity index (χ2v) is 12.2. The van der Waals surface area contributed by atoms with Gasteiger partial charge in [-0.15, -0.1) is 0 Å². The highest BCUT2D eigenvalue weighted by molar-refractivity contribution is 6.10. The van der Waals surface area contributed by atoms with Crippen molar-refractivity contribution in [2.45, 2.75) is 77.4 Å². The van der Waals surface area contributed by atoms with Crippen LogP contribution >= 0.6 is 0 Å². The molecule has 0 bridgehead atoms. The summed E-state index contributed by atoms with van der Waals surface area (Å²) in [5, 5.41) is 9.14. The van der Waals surface area contributed by atoms with Crippen molar-refractivity contribution in [2.75, 3.05) is 5.32 Å². The van der Waals surface area contributed by atoms with E-state index in [1.54, 1.807) is 6.20 Å². The molecule has 0 saturated carbocycles. The molecule has 2 aromatic rings. The summed E-state index contributed by atoms with van der Waals surface area (Å²) in [5.41, 5.74) is 6.18. The Balaban J connectivity index is 1.87. The van der Waals surface area contributed by atoms with Gasteiger partial charge in [0.25, 0.3) is 5.92 Å². The molecule has 46 heavy (non-hydrogen) atoms. The third-order valence-corrected chi connectivity index (χ3v) is 8.71. The number of halogens is 5. The van der Waals surface area contributed by atoms with Crippen molar-refractivity contribution in [2.24, 2.45) is 11.0 Å².